The van der Waals surface area contributed by atoms with Gasteiger partial charge in [0.2, 0.25) is 17.8 Å². The molecule has 0 radical (unpaired) electrons. The summed E-state index contributed by atoms with van der Waals surface area (Å²) >= 11 is 0. The number of hydrogen-bond donors (Lipinski definition) is 6. The number of carboxylic acid groups (broad SMARTS) is 2. The van der Waals surface area contributed by atoms with Crippen LogP contribution in [0.25, 0.3) is 0 Å². The number of anilines is 1. The molecular formula is C46H66N6O14S. The molecule has 1 heterocycles. The Kier molecular flexibility index (Phi) is 27.9. The molecule has 21 heteroatoms. The minimum Gasteiger partial charge on any atom is -0.481 e. The molecule has 0 bridgehead atoms. The number of sulfonamides is 1. The highest BCUT2D eigenvalue weighted by Crippen LogP contribution is 2.25. The number of nitrogens with zero attached hydrogens (tertiary/aromatic N) is 2. The lowest BCUT2D eigenvalue weighted by atomic mass is 10.0. The molecule has 0 aliphatic carbocycles. The molecule has 2 aromatic carbocycles. The van der Waals surface area contributed by atoms with Crippen LogP contribution >= 0.6 is 0 Å². The van der Waals surface area contributed by atoms with Gasteiger partial charge in [-0.3, -0.25) is 19.2 Å². The van der Waals surface area contributed by atoms with E-state index in [2.05, 4.69) is 30.6 Å². The molecule has 3 rings (SSSR count). The van der Waals surface area contributed by atoms with Crippen molar-refractivity contribution in [1.29, 1.82) is 0 Å². The lowest BCUT2D eigenvalue weighted by molar-refractivity contribution is -0.143. The first-order chi connectivity index (χ1) is 32.4. The molecule has 67 heavy (non-hydrogen) atoms. The fourth-order valence-corrected chi connectivity index (χ4v) is 7.20. The Morgan fingerprint density at radius 2 is 1.03 bits per heavy atom. The van der Waals surface area contributed by atoms with E-state index in [-0.39, 0.29) is 107 Å². The van der Waals surface area contributed by atoms with Gasteiger partial charge in [-0.1, -0.05) is 69.9 Å². The summed E-state index contributed by atoms with van der Waals surface area (Å²) in [6.45, 7) is 1.09. The Morgan fingerprint density at radius 3 is 1.60 bits per heavy atom. The first-order valence-corrected chi connectivity index (χ1v) is 24.2. The molecule has 0 atom stereocenters. The Labute approximate surface area is 392 Å². The molecule has 0 saturated carbocycles. The second-order valence-corrected chi connectivity index (χ2v) is 17.0. The number of unbranched alkanes of at least 4 members (excludes halogenated alkanes) is 10. The average Bonchev–Trinajstić information content (AvgIpc) is 3.30. The third kappa shape index (κ3) is 26.9. The molecule has 0 spiro atoms. The first kappa shape index (κ1) is 55.6. The normalized spacial score (nSPS) is 11.2. The maximum atomic E-state index is 13.0. The zero-order chi connectivity index (χ0) is 48.4. The first-order valence-electron chi connectivity index (χ1n) is 22.7. The van der Waals surface area contributed by atoms with Gasteiger partial charge in [-0.25, -0.2) is 27.9 Å². The third-order valence-electron chi connectivity index (χ3n) is 9.77. The summed E-state index contributed by atoms with van der Waals surface area (Å²) in [4.78, 5) is 65.2. The van der Waals surface area contributed by atoms with Crippen molar-refractivity contribution in [2.75, 3.05) is 77.2 Å². The van der Waals surface area contributed by atoms with Crippen LogP contribution < -0.4 is 25.4 Å². The van der Waals surface area contributed by atoms with Crippen LogP contribution in [0.1, 0.15) is 99.4 Å². The van der Waals surface area contributed by atoms with E-state index in [9.17, 15) is 32.4 Å². The fourth-order valence-electron chi connectivity index (χ4n) is 6.24. The molecule has 1 aromatic heterocycles. The van der Waals surface area contributed by atoms with Gasteiger partial charge in [-0.05, 0) is 61.2 Å². The number of aryl methyl sites for hydroxylation is 1. The van der Waals surface area contributed by atoms with Gasteiger partial charge in [0.1, 0.15) is 24.7 Å². The Morgan fingerprint density at radius 1 is 0.522 bits per heavy atom. The maximum Gasteiger partial charge on any atom is 0.329 e. The molecule has 3 aromatic rings. The maximum absolute atomic E-state index is 13.0. The number of carboxylic acids is 2. The van der Waals surface area contributed by atoms with Gasteiger partial charge in [0.05, 0.1) is 50.1 Å². The number of hydrogen-bond acceptors (Lipinski definition) is 14. The van der Waals surface area contributed by atoms with Gasteiger partial charge in [-0.15, -0.1) is 0 Å². The molecule has 20 nitrogen and oxygen atoms in total. The Balaban J connectivity index is 1.21. The summed E-state index contributed by atoms with van der Waals surface area (Å²) in [6.07, 6.45) is 16.1. The van der Waals surface area contributed by atoms with E-state index in [0.717, 1.165) is 32.1 Å². The Bertz CT molecular complexity index is 2010. The van der Waals surface area contributed by atoms with E-state index in [4.69, 9.17) is 33.9 Å². The van der Waals surface area contributed by atoms with Crippen molar-refractivity contribution in [2.24, 2.45) is 0 Å². The van der Waals surface area contributed by atoms with Crippen molar-refractivity contribution < 1.29 is 66.3 Å². The summed E-state index contributed by atoms with van der Waals surface area (Å²) in [7, 11) is -4.06. The number of aliphatic carboxylic acids is 2. The van der Waals surface area contributed by atoms with E-state index in [1.807, 2.05) is 24.3 Å². The smallest absolute Gasteiger partial charge is 0.329 e. The van der Waals surface area contributed by atoms with E-state index < -0.39 is 34.5 Å². The standard InChI is InChI=1S/C46H66N6O14S/c53-41(47-24-26-62-28-30-64-34-42(54)48-25-27-63-29-31-65-35-44(57)58)22-23-49-45(59)37-32-50-46(51-33-37)52-67(60,61)40-20-18-39(19-21-40)66-38-16-14-36(15-17-38)12-10-8-6-4-2-1-3-5-7-9-11-13-43(55)56/h14-21,32-33H,1-13,22-31,34-35H2,(H,47,53)(H,48,54)(H,49,59)(H,55,56)(H,57,58)(H,50,51,52). The predicted octanol–water partition coefficient (Wildman–Crippen LogP) is 4.88. The second-order valence-electron chi connectivity index (χ2n) is 15.3. The van der Waals surface area contributed by atoms with Crippen LogP contribution in [0, 0.1) is 0 Å². The molecule has 0 fully saturated rings. The van der Waals surface area contributed by atoms with Crippen LogP contribution in [0.2, 0.25) is 0 Å². The summed E-state index contributed by atoms with van der Waals surface area (Å²) < 4.78 is 54.9. The van der Waals surface area contributed by atoms with Crippen LogP contribution in [-0.4, -0.2) is 131 Å². The predicted molar refractivity (Wildman–Crippen MR) is 246 cm³/mol. The number of carbonyl (C=O) groups is 5. The quantitative estimate of drug-likeness (QED) is 0.0416. The summed E-state index contributed by atoms with van der Waals surface area (Å²) in [5.74, 6) is -2.11. The van der Waals surface area contributed by atoms with E-state index in [1.165, 1.54) is 75.0 Å². The number of benzene rings is 2. The van der Waals surface area contributed by atoms with E-state index in [0.29, 0.717) is 11.5 Å². The SMILES string of the molecule is O=C(O)CCCCCCCCCCCCCc1ccc(Oc2ccc(S(=O)(=O)Nc3ncc(C(=O)NCCC(=O)NCCOCCOCC(=O)NCCOCCOCC(=O)O)cn3)cc2)cc1. The van der Waals surface area contributed by atoms with Crippen molar-refractivity contribution in [1.82, 2.24) is 25.9 Å². The van der Waals surface area contributed by atoms with Crippen molar-refractivity contribution in [3.63, 3.8) is 0 Å². The highest BCUT2D eigenvalue weighted by atomic mass is 32.2. The third-order valence-corrected chi connectivity index (χ3v) is 11.1. The van der Waals surface area contributed by atoms with Crippen LogP contribution in [0.15, 0.2) is 65.8 Å². The lowest BCUT2D eigenvalue weighted by Crippen LogP contribution is -2.32. The summed E-state index contributed by atoms with van der Waals surface area (Å²) in [6, 6.07) is 13.8. The zero-order valence-corrected chi connectivity index (χ0v) is 38.9. The highest BCUT2D eigenvalue weighted by Gasteiger charge is 2.17. The molecule has 370 valence electrons. The number of nitrogens with one attached hydrogen (secondary N) is 4. The molecular weight excluding hydrogens is 893 g/mol. The number of rotatable bonds is 39. The van der Waals surface area contributed by atoms with Crippen molar-refractivity contribution >= 4 is 45.6 Å². The number of amides is 3. The number of aromatic nitrogens is 2. The Hall–Kier alpha value is -5.74. The largest absolute Gasteiger partial charge is 0.481 e. The van der Waals surface area contributed by atoms with Crippen LogP contribution in [-0.2, 0) is 54.6 Å². The van der Waals surface area contributed by atoms with Crippen LogP contribution in [0.5, 0.6) is 11.5 Å². The topological polar surface area (TPSA) is 280 Å². The van der Waals surface area contributed by atoms with Crippen LogP contribution in [0.4, 0.5) is 5.95 Å². The summed E-state index contributed by atoms with van der Waals surface area (Å²) in [5.41, 5.74) is 1.29. The van der Waals surface area contributed by atoms with Crippen molar-refractivity contribution in [3.8, 4) is 11.5 Å². The van der Waals surface area contributed by atoms with E-state index >= 15 is 0 Å². The lowest BCUT2D eigenvalue weighted by Gasteiger charge is -2.10. The zero-order valence-electron chi connectivity index (χ0n) is 38.0. The number of ether oxygens (including phenoxy) is 5. The molecule has 0 unspecified atom stereocenters. The number of carbonyl (C=O) groups excluding carboxylic acids is 3. The van der Waals surface area contributed by atoms with Crippen molar-refractivity contribution in [3.05, 3.63) is 72.1 Å². The van der Waals surface area contributed by atoms with Crippen molar-refractivity contribution in [2.45, 2.75) is 94.8 Å². The van der Waals surface area contributed by atoms with Gasteiger partial charge >= 0.3 is 11.9 Å². The van der Waals surface area contributed by atoms with Gasteiger partial charge in [0.25, 0.3) is 15.9 Å². The molecule has 3 amide bonds. The van der Waals surface area contributed by atoms with Gasteiger partial charge < -0.3 is 49.8 Å². The monoisotopic (exact) mass is 958 g/mol. The highest BCUT2D eigenvalue weighted by molar-refractivity contribution is 7.92. The van der Waals surface area contributed by atoms with Gasteiger partial charge in [-0.2, -0.15) is 0 Å². The van der Waals surface area contributed by atoms with Gasteiger partial charge in [0.15, 0.2) is 0 Å². The molecule has 6 N–H and O–H groups in total. The molecule has 0 aliphatic heterocycles. The second kappa shape index (κ2) is 33.7. The average molecular weight is 959 g/mol. The molecule has 0 saturated heterocycles. The summed E-state index contributed by atoms with van der Waals surface area (Å²) in [5, 5.41) is 25.0. The minimum atomic E-state index is -4.06. The molecule has 0 aliphatic rings. The van der Waals surface area contributed by atoms with Crippen LogP contribution in [0.3, 0.4) is 0 Å². The van der Waals surface area contributed by atoms with E-state index in [1.54, 1.807) is 12.1 Å². The fraction of sp³-hybridized carbons (Fsp3) is 0.543. The minimum absolute atomic E-state index is 0.00647. The van der Waals surface area contributed by atoms with Gasteiger partial charge in [0, 0.05) is 44.9 Å².